The summed E-state index contributed by atoms with van der Waals surface area (Å²) in [6.45, 7) is 7.97. The van der Waals surface area contributed by atoms with E-state index in [0.29, 0.717) is 12.1 Å². The van der Waals surface area contributed by atoms with Gasteiger partial charge in [0.05, 0.1) is 6.42 Å². The number of carbonyl (C=O) groups is 2. The highest BCUT2D eigenvalue weighted by Gasteiger charge is 2.17. The molecule has 138 valence electrons. The van der Waals surface area contributed by atoms with Crippen molar-refractivity contribution in [2.75, 3.05) is 6.61 Å². The van der Waals surface area contributed by atoms with Crippen LogP contribution in [0.2, 0.25) is 0 Å². The second kappa shape index (κ2) is 8.04. The van der Waals surface area contributed by atoms with Gasteiger partial charge in [0.1, 0.15) is 0 Å². The fraction of sp³-hybridized carbons (Fsp3) is 0.217. The first-order valence-electron chi connectivity index (χ1n) is 8.94. The third-order valence-corrected chi connectivity index (χ3v) is 4.76. The minimum absolute atomic E-state index is 0.143. The first-order valence-corrected chi connectivity index (χ1v) is 8.94. The maximum Gasteiger partial charge on any atom is 0.310 e. The molecule has 0 fully saturated rings. The number of hydrogen-bond acceptors (Lipinski definition) is 3. The standard InChI is InChI=1S/C23H23NO3/c1-4-12-24-16(2)13-21(17(24)3)22(25)15-27-23(26)14-19-10-7-9-18-8-5-6-11-20(18)19/h4-11,13H,1,12,14-15H2,2-3H3. The molecule has 0 N–H and O–H groups in total. The largest absolute Gasteiger partial charge is 0.457 e. The SMILES string of the molecule is C=CCn1c(C)cc(C(=O)COC(=O)Cc2cccc3ccccc23)c1C. The molecule has 2 aromatic carbocycles. The number of aromatic nitrogens is 1. The molecular weight excluding hydrogens is 338 g/mol. The monoisotopic (exact) mass is 361 g/mol. The molecule has 0 spiro atoms. The third kappa shape index (κ3) is 4.00. The molecule has 0 atom stereocenters. The normalized spacial score (nSPS) is 10.7. The van der Waals surface area contributed by atoms with Crippen LogP contribution in [-0.4, -0.2) is 22.9 Å². The zero-order valence-corrected chi connectivity index (χ0v) is 15.7. The van der Waals surface area contributed by atoms with E-state index in [-0.39, 0.29) is 18.8 Å². The highest BCUT2D eigenvalue weighted by atomic mass is 16.5. The number of Topliss-reactive ketones (excluding diaryl/α,β-unsaturated/α-hetero) is 1. The quantitative estimate of drug-likeness (QED) is 0.356. The lowest BCUT2D eigenvalue weighted by Gasteiger charge is -2.08. The van der Waals surface area contributed by atoms with Gasteiger partial charge in [-0.05, 0) is 36.2 Å². The van der Waals surface area contributed by atoms with Gasteiger partial charge in [-0.1, -0.05) is 48.5 Å². The maximum atomic E-state index is 12.5. The topological polar surface area (TPSA) is 48.3 Å². The number of fused-ring (bicyclic) bond motifs is 1. The van der Waals surface area contributed by atoms with E-state index in [9.17, 15) is 9.59 Å². The summed E-state index contributed by atoms with van der Waals surface area (Å²) in [5.74, 6) is -0.593. The number of ether oxygens (including phenoxy) is 1. The van der Waals surface area contributed by atoms with Crippen LogP contribution in [-0.2, 0) is 22.5 Å². The van der Waals surface area contributed by atoms with Crippen molar-refractivity contribution in [3.05, 3.63) is 83.7 Å². The summed E-state index contributed by atoms with van der Waals surface area (Å²) in [4.78, 5) is 24.7. The Morgan fingerprint density at radius 3 is 2.63 bits per heavy atom. The summed E-state index contributed by atoms with van der Waals surface area (Å²) in [6, 6.07) is 15.6. The van der Waals surface area contributed by atoms with Crippen molar-refractivity contribution < 1.29 is 14.3 Å². The summed E-state index contributed by atoms with van der Waals surface area (Å²) in [6.07, 6.45) is 1.93. The van der Waals surface area contributed by atoms with Gasteiger partial charge in [-0.15, -0.1) is 6.58 Å². The van der Waals surface area contributed by atoms with Crippen LogP contribution in [0.15, 0.2) is 61.2 Å². The van der Waals surface area contributed by atoms with Crippen LogP contribution in [0.4, 0.5) is 0 Å². The van der Waals surface area contributed by atoms with Crippen LogP contribution in [0.1, 0.15) is 27.3 Å². The lowest BCUT2D eigenvalue weighted by atomic mass is 10.0. The lowest BCUT2D eigenvalue weighted by molar-refractivity contribution is -0.141. The number of nitrogens with zero attached hydrogens (tertiary/aromatic N) is 1. The molecular formula is C23H23NO3. The van der Waals surface area contributed by atoms with Crippen molar-refractivity contribution >= 4 is 22.5 Å². The van der Waals surface area contributed by atoms with Crippen LogP contribution in [0.5, 0.6) is 0 Å². The van der Waals surface area contributed by atoms with Crippen LogP contribution in [0.25, 0.3) is 10.8 Å². The van der Waals surface area contributed by atoms with Gasteiger partial charge >= 0.3 is 5.97 Å². The Labute approximate surface area is 159 Å². The Kier molecular flexibility index (Phi) is 5.55. The highest BCUT2D eigenvalue weighted by molar-refractivity contribution is 5.99. The molecule has 0 aliphatic rings. The van der Waals surface area contributed by atoms with Crippen molar-refractivity contribution in [3.63, 3.8) is 0 Å². The molecule has 0 saturated carbocycles. The van der Waals surface area contributed by atoms with E-state index >= 15 is 0 Å². The first-order chi connectivity index (χ1) is 13.0. The minimum Gasteiger partial charge on any atom is -0.457 e. The van der Waals surface area contributed by atoms with E-state index in [0.717, 1.165) is 27.7 Å². The first kappa shape index (κ1) is 18.6. The highest BCUT2D eigenvalue weighted by Crippen LogP contribution is 2.20. The fourth-order valence-corrected chi connectivity index (χ4v) is 3.37. The molecule has 3 aromatic rings. The van der Waals surface area contributed by atoms with Gasteiger partial charge in [-0.3, -0.25) is 9.59 Å². The third-order valence-electron chi connectivity index (χ3n) is 4.76. The van der Waals surface area contributed by atoms with Crippen molar-refractivity contribution in [2.24, 2.45) is 0 Å². The van der Waals surface area contributed by atoms with Gasteiger partial charge < -0.3 is 9.30 Å². The van der Waals surface area contributed by atoms with Gasteiger partial charge in [0.15, 0.2) is 6.61 Å². The number of esters is 1. The molecule has 3 rings (SSSR count). The Morgan fingerprint density at radius 1 is 1.11 bits per heavy atom. The Bertz CT molecular complexity index is 1010. The van der Waals surface area contributed by atoms with E-state index in [1.54, 1.807) is 6.08 Å². The lowest BCUT2D eigenvalue weighted by Crippen LogP contribution is -2.16. The minimum atomic E-state index is -0.403. The van der Waals surface area contributed by atoms with Crippen molar-refractivity contribution in [1.82, 2.24) is 4.57 Å². The number of benzene rings is 2. The molecule has 0 aliphatic carbocycles. The predicted molar refractivity (Wildman–Crippen MR) is 107 cm³/mol. The van der Waals surface area contributed by atoms with Gasteiger partial charge in [-0.2, -0.15) is 0 Å². The molecule has 0 aliphatic heterocycles. The summed E-state index contributed by atoms with van der Waals surface area (Å²) in [5.41, 5.74) is 3.34. The molecule has 0 amide bonds. The van der Waals surface area contributed by atoms with Gasteiger partial charge in [0.2, 0.25) is 5.78 Å². The van der Waals surface area contributed by atoms with Gasteiger partial charge in [-0.25, -0.2) is 0 Å². The van der Waals surface area contributed by atoms with E-state index in [1.165, 1.54) is 0 Å². The van der Waals surface area contributed by atoms with Crippen molar-refractivity contribution in [2.45, 2.75) is 26.8 Å². The number of aryl methyl sites for hydroxylation is 1. The smallest absolute Gasteiger partial charge is 0.310 e. The van der Waals surface area contributed by atoms with Gasteiger partial charge in [0, 0.05) is 23.5 Å². The second-order valence-electron chi connectivity index (χ2n) is 6.58. The number of rotatable bonds is 7. The molecule has 0 saturated heterocycles. The molecule has 0 radical (unpaired) electrons. The van der Waals surface area contributed by atoms with Crippen LogP contribution >= 0.6 is 0 Å². The van der Waals surface area contributed by atoms with E-state index in [4.69, 9.17) is 4.74 Å². The summed E-state index contributed by atoms with van der Waals surface area (Å²) in [5, 5.41) is 2.10. The maximum absolute atomic E-state index is 12.5. The Balaban J connectivity index is 1.66. The predicted octanol–water partition coefficient (Wildman–Crippen LogP) is 4.41. The molecule has 0 unspecified atom stereocenters. The summed E-state index contributed by atoms with van der Waals surface area (Å²) >= 11 is 0. The fourth-order valence-electron chi connectivity index (χ4n) is 3.37. The second-order valence-corrected chi connectivity index (χ2v) is 6.58. The van der Waals surface area contributed by atoms with E-state index < -0.39 is 5.97 Å². The van der Waals surface area contributed by atoms with Crippen LogP contribution < -0.4 is 0 Å². The Hall–Kier alpha value is -3.14. The molecule has 4 nitrogen and oxygen atoms in total. The molecule has 27 heavy (non-hydrogen) atoms. The molecule has 1 heterocycles. The Morgan fingerprint density at radius 2 is 1.85 bits per heavy atom. The number of carbonyl (C=O) groups excluding carboxylic acids is 2. The van der Waals surface area contributed by atoms with Gasteiger partial charge in [0.25, 0.3) is 0 Å². The number of ketones is 1. The average Bonchev–Trinajstić information content (AvgIpc) is 2.95. The molecule has 1 aromatic heterocycles. The average molecular weight is 361 g/mol. The number of allylic oxidation sites excluding steroid dienone is 1. The van der Waals surface area contributed by atoms with Crippen molar-refractivity contribution in [3.8, 4) is 0 Å². The zero-order valence-electron chi connectivity index (χ0n) is 15.7. The summed E-state index contributed by atoms with van der Waals surface area (Å²) in [7, 11) is 0. The zero-order chi connectivity index (χ0) is 19.4. The van der Waals surface area contributed by atoms with E-state index in [2.05, 4.69) is 6.58 Å². The van der Waals surface area contributed by atoms with Crippen molar-refractivity contribution in [1.29, 1.82) is 0 Å². The summed E-state index contributed by atoms with van der Waals surface area (Å²) < 4.78 is 7.27. The molecule has 0 bridgehead atoms. The van der Waals surface area contributed by atoms with Crippen LogP contribution in [0.3, 0.4) is 0 Å². The van der Waals surface area contributed by atoms with E-state index in [1.807, 2.05) is 66.9 Å². The number of hydrogen-bond donors (Lipinski definition) is 0. The molecule has 4 heteroatoms. The van der Waals surface area contributed by atoms with Crippen LogP contribution in [0, 0.1) is 13.8 Å².